The van der Waals surface area contributed by atoms with Gasteiger partial charge in [0.1, 0.15) is 0 Å². The van der Waals surface area contributed by atoms with Crippen LogP contribution in [-0.4, -0.2) is 60.8 Å². The maximum atomic E-state index is 5.48. The summed E-state index contributed by atoms with van der Waals surface area (Å²) in [7, 11) is 0. The summed E-state index contributed by atoms with van der Waals surface area (Å²) in [6.45, 7) is 12.4. The molecule has 1 aromatic heterocycles. The highest BCUT2D eigenvalue weighted by Gasteiger charge is 2.28. The SMILES string of the molecule is CCNC(=NCc1nccc2ccccc12)NCC(C)(C)N1CCOCC1. The van der Waals surface area contributed by atoms with Crippen molar-refractivity contribution in [1.29, 1.82) is 0 Å². The van der Waals surface area contributed by atoms with Crippen molar-refractivity contribution in [3.05, 3.63) is 42.2 Å². The summed E-state index contributed by atoms with van der Waals surface area (Å²) in [5, 5.41) is 9.21. The first-order chi connectivity index (χ1) is 13.1. The number of morpholine rings is 1. The molecule has 3 rings (SSSR count). The summed E-state index contributed by atoms with van der Waals surface area (Å²) in [6.07, 6.45) is 1.86. The van der Waals surface area contributed by atoms with E-state index in [4.69, 9.17) is 9.73 Å². The van der Waals surface area contributed by atoms with Gasteiger partial charge in [0.15, 0.2) is 5.96 Å². The molecule has 146 valence electrons. The zero-order chi connectivity index (χ0) is 19.1. The second kappa shape index (κ2) is 9.15. The van der Waals surface area contributed by atoms with E-state index in [9.17, 15) is 0 Å². The van der Waals surface area contributed by atoms with Crippen LogP contribution in [0.5, 0.6) is 0 Å². The van der Waals surface area contributed by atoms with Crippen LogP contribution in [0.4, 0.5) is 0 Å². The quantitative estimate of drug-likeness (QED) is 0.605. The lowest BCUT2D eigenvalue weighted by atomic mass is 10.0. The number of fused-ring (bicyclic) bond motifs is 1. The number of hydrogen-bond acceptors (Lipinski definition) is 4. The van der Waals surface area contributed by atoms with Gasteiger partial charge in [0.05, 0.1) is 25.5 Å². The average Bonchev–Trinajstić information content (AvgIpc) is 2.71. The largest absolute Gasteiger partial charge is 0.379 e. The predicted molar refractivity (Wildman–Crippen MR) is 111 cm³/mol. The molecule has 0 amide bonds. The van der Waals surface area contributed by atoms with E-state index in [1.54, 1.807) is 0 Å². The van der Waals surface area contributed by atoms with E-state index < -0.39 is 0 Å². The summed E-state index contributed by atoms with van der Waals surface area (Å²) in [4.78, 5) is 11.8. The second-order valence-corrected chi connectivity index (χ2v) is 7.44. The lowest BCUT2D eigenvalue weighted by Crippen LogP contribution is -2.56. The Kier molecular flexibility index (Phi) is 6.63. The summed E-state index contributed by atoms with van der Waals surface area (Å²) >= 11 is 0. The van der Waals surface area contributed by atoms with Gasteiger partial charge in [0.2, 0.25) is 0 Å². The molecule has 0 radical (unpaired) electrons. The fourth-order valence-corrected chi connectivity index (χ4v) is 3.38. The van der Waals surface area contributed by atoms with E-state index in [2.05, 4.69) is 59.5 Å². The molecule has 0 saturated carbocycles. The van der Waals surface area contributed by atoms with Crippen molar-refractivity contribution in [3.63, 3.8) is 0 Å². The third-order valence-corrected chi connectivity index (χ3v) is 5.04. The van der Waals surface area contributed by atoms with E-state index in [1.165, 1.54) is 5.39 Å². The highest BCUT2D eigenvalue weighted by molar-refractivity contribution is 5.85. The van der Waals surface area contributed by atoms with Gasteiger partial charge in [-0.2, -0.15) is 0 Å². The first-order valence-electron chi connectivity index (χ1n) is 9.78. The maximum Gasteiger partial charge on any atom is 0.191 e. The van der Waals surface area contributed by atoms with Crippen molar-refractivity contribution < 1.29 is 4.74 Å². The molecule has 1 aliphatic heterocycles. The van der Waals surface area contributed by atoms with Gasteiger partial charge in [-0.05, 0) is 32.2 Å². The van der Waals surface area contributed by atoms with E-state index in [-0.39, 0.29) is 5.54 Å². The summed E-state index contributed by atoms with van der Waals surface area (Å²) in [6, 6.07) is 10.4. The molecule has 1 aromatic carbocycles. The van der Waals surface area contributed by atoms with Crippen LogP contribution in [0, 0.1) is 0 Å². The van der Waals surface area contributed by atoms with Crippen LogP contribution in [0.15, 0.2) is 41.5 Å². The molecule has 2 N–H and O–H groups in total. The van der Waals surface area contributed by atoms with Crippen LogP contribution in [0.25, 0.3) is 10.8 Å². The maximum absolute atomic E-state index is 5.48. The van der Waals surface area contributed by atoms with Gasteiger partial charge in [0.25, 0.3) is 0 Å². The van der Waals surface area contributed by atoms with Crippen molar-refractivity contribution in [2.75, 3.05) is 39.4 Å². The number of guanidine groups is 1. The Morgan fingerprint density at radius 1 is 1.19 bits per heavy atom. The molecule has 0 atom stereocenters. The lowest BCUT2D eigenvalue weighted by Gasteiger charge is -2.41. The predicted octanol–water partition coefficient (Wildman–Crippen LogP) is 2.40. The molecule has 1 aliphatic rings. The van der Waals surface area contributed by atoms with Crippen molar-refractivity contribution in [1.82, 2.24) is 20.5 Å². The topological polar surface area (TPSA) is 61.8 Å². The Bertz CT molecular complexity index is 763. The van der Waals surface area contributed by atoms with E-state index in [0.29, 0.717) is 6.54 Å². The van der Waals surface area contributed by atoms with E-state index >= 15 is 0 Å². The zero-order valence-electron chi connectivity index (χ0n) is 16.7. The monoisotopic (exact) mass is 369 g/mol. The standard InChI is InChI=1S/C21H31N5O/c1-4-22-20(25-16-21(2,3)26-11-13-27-14-12-26)24-15-19-18-8-6-5-7-17(18)9-10-23-19/h5-10H,4,11-16H2,1-3H3,(H2,22,24,25). The molecule has 0 aliphatic carbocycles. The van der Waals surface area contributed by atoms with E-state index in [1.807, 2.05) is 18.3 Å². The van der Waals surface area contributed by atoms with Gasteiger partial charge in [0, 0.05) is 43.3 Å². The molecule has 6 heteroatoms. The zero-order valence-corrected chi connectivity index (χ0v) is 16.7. The summed E-state index contributed by atoms with van der Waals surface area (Å²) in [5.74, 6) is 0.827. The number of ether oxygens (including phenoxy) is 1. The minimum absolute atomic E-state index is 0.0394. The van der Waals surface area contributed by atoms with Crippen LogP contribution in [0.1, 0.15) is 26.5 Å². The van der Waals surface area contributed by atoms with Gasteiger partial charge in [-0.15, -0.1) is 0 Å². The Labute approximate surface area is 162 Å². The number of nitrogens with zero attached hydrogens (tertiary/aromatic N) is 3. The van der Waals surface area contributed by atoms with E-state index in [0.717, 1.165) is 56.4 Å². The summed E-state index contributed by atoms with van der Waals surface area (Å²) in [5.41, 5.74) is 1.04. The molecular formula is C21H31N5O. The number of aliphatic imine (C=N–C) groups is 1. The van der Waals surface area contributed by atoms with Crippen molar-refractivity contribution in [2.45, 2.75) is 32.9 Å². The van der Waals surface area contributed by atoms with Crippen molar-refractivity contribution >= 4 is 16.7 Å². The number of nitrogens with one attached hydrogen (secondary N) is 2. The molecule has 0 unspecified atom stereocenters. The number of hydrogen-bond donors (Lipinski definition) is 2. The molecule has 6 nitrogen and oxygen atoms in total. The Balaban J connectivity index is 1.67. The first kappa shape index (κ1) is 19.6. The number of pyridine rings is 1. The van der Waals surface area contributed by atoms with Crippen LogP contribution < -0.4 is 10.6 Å². The summed E-state index contributed by atoms with van der Waals surface area (Å²) < 4.78 is 5.48. The molecule has 2 heterocycles. The minimum atomic E-state index is 0.0394. The van der Waals surface area contributed by atoms with Crippen molar-refractivity contribution in [3.8, 4) is 0 Å². The minimum Gasteiger partial charge on any atom is -0.379 e. The highest BCUT2D eigenvalue weighted by atomic mass is 16.5. The Morgan fingerprint density at radius 2 is 1.96 bits per heavy atom. The fraction of sp³-hybridized carbons (Fsp3) is 0.524. The fourth-order valence-electron chi connectivity index (χ4n) is 3.38. The molecule has 1 saturated heterocycles. The molecule has 0 bridgehead atoms. The Morgan fingerprint density at radius 3 is 2.74 bits per heavy atom. The van der Waals surface area contributed by atoms with Crippen molar-refractivity contribution in [2.24, 2.45) is 4.99 Å². The third kappa shape index (κ3) is 5.17. The smallest absolute Gasteiger partial charge is 0.191 e. The highest BCUT2D eigenvalue weighted by Crippen LogP contribution is 2.17. The van der Waals surface area contributed by atoms with Crippen LogP contribution in [-0.2, 0) is 11.3 Å². The third-order valence-electron chi connectivity index (χ3n) is 5.04. The number of aromatic nitrogens is 1. The number of rotatable bonds is 6. The molecule has 1 fully saturated rings. The second-order valence-electron chi connectivity index (χ2n) is 7.44. The van der Waals surface area contributed by atoms with Crippen LogP contribution in [0.2, 0.25) is 0 Å². The Hall–Kier alpha value is -2.18. The first-order valence-corrected chi connectivity index (χ1v) is 9.78. The number of benzene rings is 1. The van der Waals surface area contributed by atoms with Gasteiger partial charge in [-0.1, -0.05) is 24.3 Å². The van der Waals surface area contributed by atoms with Crippen LogP contribution in [0.3, 0.4) is 0 Å². The molecule has 27 heavy (non-hydrogen) atoms. The van der Waals surface area contributed by atoms with Gasteiger partial charge < -0.3 is 15.4 Å². The average molecular weight is 370 g/mol. The van der Waals surface area contributed by atoms with Gasteiger partial charge in [-0.3, -0.25) is 9.88 Å². The molecule has 0 spiro atoms. The van der Waals surface area contributed by atoms with Crippen LogP contribution >= 0.6 is 0 Å². The van der Waals surface area contributed by atoms with Gasteiger partial charge in [-0.25, -0.2) is 4.99 Å². The van der Waals surface area contributed by atoms with Gasteiger partial charge >= 0.3 is 0 Å². The molecule has 2 aromatic rings. The normalized spacial score (nSPS) is 16.5. The lowest BCUT2D eigenvalue weighted by molar-refractivity contribution is -0.00834. The molecular weight excluding hydrogens is 338 g/mol.